The zero-order valence-electron chi connectivity index (χ0n) is 9.76. The van der Waals surface area contributed by atoms with E-state index in [4.69, 9.17) is 5.39 Å². The van der Waals surface area contributed by atoms with Gasteiger partial charge in [-0.05, 0) is 0 Å². The number of alkyl halides is 6. The second-order valence-corrected chi connectivity index (χ2v) is 4.81. The third-order valence-corrected chi connectivity index (χ3v) is 2.66. The van der Waals surface area contributed by atoms with E-state index >= 15 is 0 Å². The van der Waals surface area contributed by atoms with Crippen LogP contribution in [0.3, 0.4) is 0 Å². The largest absolute Gasteiger partial charge is 0.743 e. The summed E-state index contributed by atoms with van der Waals surface area (Å²) in [6.07, 6.45) is -11.1. The lowest BCUT2D eigenvalue weighted by atomic mass is 10.3. The van der Waals surface area contributed by atoms with Crippen molar-refractivity contribution in [3.63, 3.8) is 0 Å². The highest BCUT2D eigenvalue weighted by atomic mass is 32.2. The molecule has 1 atom stereocenters. The highest BCUT2D eigenvalue weighted by Gasteiger charge is 2.61. The van der Waals surface area contributed by atoms with Crippen molar-refractivity contribution < 1.29 is 39.3 Å². The number of diazo groups is 1. The van der Waals surface area contributed by atoms with Crippen LogP contribution in [0, 0.1) is 5.39 Å². The number of hydrogen-bond acceptors (Lipinski definition) is 4. The van der Waals surface area contributed by atoms with E-state index in [-0.39, 0.29) is 0 Å². The predicted molar refractivity (Wildman–Crippen MR) is 56.8 cm³/mol. The fraction of sp³-hybridized carbons (Fsp3) is 0.333. The van der Waals surface area contributed by atoms with Gasteiger partial charge >= 0.3 is 17.1 Å². The van der Waals surface area contributed by atoms with Gasteiger partial charge in [-0.1, -0.05) is 18.2 Å². The second kappa shape index (κ2) is 6.72. The summed E-state index contributed by atoms with van der Waals surface area (Å²) in [6.45, 7) is 0. The van der Waals surface area contributed by atoms with Crippen LogP contribution in [0.5, 0.6) is 0 Å². The van der Waals surface area contributed by atoms with Gasteiger partial charge in [-0.2, -0.15) is 22.0 Å². The molecule has 1 aromatic rings. The Hall–Kier alpha value is -1.87. The molecule has 0 saturated carbocycles. The molecule has 0 radical (unpaired) electrons. The maximum absolute atomic E-state index is 11.8. The van der Waals surface area contributed by atoms with Crippen LogP contribution < -0.4 is 0 Å². The first-order chi connectivity index (χ1) is 9.34. The number of halogens is 6. The lowest BCUT2D eigenvalue weighted by Gasteiger charge is -2.24. The Labute approximate surface area is 114 Å². The molecule has 0 heterocycles. The van der Waals surface area contributed by atoms with Crippen molar-refractivity contribution in [2.45, 2.75) is 17.6 Å². The van der Waals surface area contributed by atoms with Gasteiger partial charge in [-0.3, -0.25) is 0 Å². The Balaban J connectivity index is 0.000000423. The highest BCUT2D eigenvalue weighted by Crippen LogP contribution is 2.37. The Bertz CT molecular complexity index is 596. The van der Waals surface area contributed by atoms with Crippen LogP contribution in [0.1, 0.15) is 0 Å². The van der Waals surface area contributed by atoms with E-state index in [1.165, 1.54) is 0 Å². The molecular formula is C9H6F6N2O3S. The van der Waals surface area contributed by atoms with E-state index in [1.807, 2.05) is 18.2 Å². The molecule has 1 aromatic carbocycles. The zero-order valence-corrected chi connectivity index (χ0v) is 10.6. The van der Waals surface area contributed by atoms with E-state index in [0.717, 1.165) is 0 Å². The molecule has 0 aliphatic carbocycles. The molecule has 0 amide bonds. The third-order valence-electron chi connectivity index (χ3n) is 1.79. The summed E-state index contributed by atoms with van der Waals surface area (Å²) in [6, 6.07) is 8.94. The number of rotatable bonds is 2. The Morgan fingerprint density at radius 2 is 1.52 bits per heavy atom. The molecule has 12 heteroatoms. The maximum atomic E-state index is 11.8. The van der Waals surface area contributed by atoms with E-state index < -0.39 is 27.7 Å². The fourth-order valence-electron chi connectivity index (χ4n) is 0.812. The lowest BCUT2D eigenvalue weighted by Crippen LogP contribution is -2.46. The number of nitrogens with zero attached hydrogens (tertiary/aromatic N) is 2. The van der Waals surface area contributed by atoms with Crippen molar-refractivity contribution in [1.29, 1.82) is 5.39 Å². The molecule has 0 saturated heterocycles. The monoisotopic (exact) mass is 336 g/mol. The summed E-state index contributed by atoms with van der Waals surface area (Å²) in [5.74, 6) is 0. The molecule has 1 rings (SSSR count). The van der Waals surface area contributed by atoms with Crippen LogP contribution >= 0.6 is 0 Å². The van der Waals surface area contributed by atoms with Gasteiger partial charge < -0.3 is 4.55 Å². The molecule has 0 bridgehead atoms. The average molecular weight is 336 g/mol. The van der Waals surface area contributed by atoms with Crippen molar-refractivity contribution in [3.8, 4) is 0 Å². The molecule has 5 nitrogen and oxygen atoms in total. The first-order valence-corrected chi connectivity index (χ1v) is 6.19. The predicted octanol–water partition coefficient (Wildman–Crippen LogP) is 3.20. The van der Waals surface area contributed by atoms with Crippen LogP contribution in [0.15, 0.2) is 30.3 Å². The first kappa shape index (κ1) is 19.1. The van der Waals surface area contributed by atoms with Crippen molar-refractivity contribution >= 4 is 15.8 Å². The van der Waals surface area contributed by atoms with Crippen LogP contribution in [-0.4, -0.2) is 30.6 Å². The molecule has 118 valence electrons. The van der Waals surface area contributed by atoms with E-state index in [2.05, 4.69) is 4.98 Å². The number of benzene rings is 1. The standard InChI is InChI=1S/C6H5N2.C3H2F6O3S/c7-8-6-4-2-1-3-5-6;4-1(2(5,6)7)3(8,9)13(10,11)12/h1-5H;1H,(H,10,11,12)/q+1;/p-1. The second-order valence-electron chi connectivity index (χ2n) is 3.36. The minimum absolute atomic E-state index is 0.590. The summed E-state index contributed by atoms with van der Waals surface area (Å²) in [5.41, 5.74) is 0.590. The number of hydrogen-bond donors (Lipinski definition) is 0. The van der Waals surface area contributed by atoms with Gasteiger partial charge in [0.25, 0.3) is 6.17 Å². The topological polar surface area (TPSA) is 85.3 Å². The molecule has 21 heavy (non-hydrogen) atoms. The third kappa shape index (κ3) is 5.56. The summed E-state index contributed by atoms with van der Waals surface area (Å²) in [7, 11) is -6.66. The van der Waals surface area contributed by atoms with Crippen LogP contribution in [0.25, 0.3) is 4.98 Å². The normalized spacial score (nSPS) is 13.6. The summed E-state index contributed by atoms with van der Waals surface area (Å²) < 4.78 is 97.5. The molecule has 0 aliphatic rings. The van der Waals surface area contributed by atoms with Crippen molar-refractivity contribution in [3.05, 3.63) is 35.3 Å². The van der Waals surface area contributed by atoms with E-state index in [0.29, 0.717) is 5.69 Å². The average Bonchev–Trinajstić information content (AvgIpc) is 2.37. The van der Waals surface area contributed by atoms with Gasteiger partial charge in [-0.25, -0.2) is 12.8 Å². The zero-order chi connectivity index (χ0) is 16.9. The minimum Gasteiger partial charge on any atom is -0.743 e. The van der Waals surface area contributed by atoms with Gasteiger partial charge in [0.15, 0.2) is 15.1 Å². The molecule has 0 fully saturated rings. The smallest absolute Gasteiger partial charge is 0.426 e. The minimum atomic E-state index is -6.66. The lowest BCUT2D eigenvalue weighted by molar-refractivity contribution is -0.223. The highest BCUT2D eigenvalue weighted by molar-refractivity contribution is 7.86. The Kier molecular flexibility index (Phi) is 6.12. The van der Waals surface area contributed by atoms with Gasteiger partial charge in [0.2, 0.25) is 5.39 Å². The van der Waals surface area contributed by atoms with Gasteiger partial charge in [-0.15, -0.1) is 0 Å². The van der Waals surface area contributed by atoms with Gasteiger partial charge in [0, 0.05) is 12.1 Å². The van der Waals surface area contributed by atoms with Gasteiger partial charge in [0.05, 0.1) is 0 Å². The molecular weight excluding hydrogens is 330 g/mol. The molecule has 0 N–H and O–H groups in total. The Morgan fingerprint density at radius 1 is 1.10 bits per heavy atom. The van der Waals surface area contributed by atoms with Crippen LogP contribution in [-0.2, 0) is 10.1 Å². The van der Waals surface area contributed by atoms with Crippen molar-refractivity contribution in [1.82, 2.24) is 0 Å². The van der Waals surface area contributed by atoms with Crippen molar-refractivity contribution in [2.24, 2.45) is 0 Å². The SMILES string of the molecule is N#[N+]c1ccccc1.O=S(=O)([O-])C(F)(F)C(F)C(F)(F)F. The fourth-order valence-corrected chi connectivity index (χ4v) is 1.20. The summed E-state index contributed by atoms with van der Waals surface area (Å²) in [4.78, 5) is 2.97. The quantitative estimate of drug-likeness (QED) is 0.471. The molecule has 0 aliphatic heterocycles. The summed E-state index contributed by atoms with van der Waals surface area (Å²) >= 11 is 0. The summed E-state index contributed by atoms with van der Waals surface area (Å²) in [5, 5.41) is 2.17. The van der Waals surface area contributed by atoms with Gasteiger partial charge in [0.1, 0.15) is 0 Å². The van der Waals surface area contributed by atoms with Crippen LogP contribution in [0.2, 0.25) is 0 Å². The maximum Gasteiger partial charge on any atom is 0.426 e. The molecule has 0 spiro atoms. The van der Waals surface area contributed by atoms with E-state index in [1.54, 1.807) is 12.1 Å². The van der Waals surface area contributed by atoms with E-state index in [9.17, 15) is 39.3 Å². The first-order valence-electron chi connectivity index (χ1n) is 4.78. The molecule has 1 unspecified atom stereocenters. The van der Waals surface area contributed by atoms with Crippen LogP contribution in [0.4, 0.5) is 32.0 Å². The molecule has 0 aromatic heterocycles. The Morgan fingerprint density at radius 3 is 1.71 bits per heavy atom. The van der Waals surface area contributed by atoms with Crippen molar-refractivity contribution in [2.75, 3.05) is 0 Å².